The molecule has 0 aromatic heterocycles. The van der Waals surface area contributed by atoms with E-state index in [1.165, 1.54) is 6.92 Å². The van der Waals surface area contributed by atoms with Crippen molar-refractivity contribution in [1.29, 1.82) is 0 Å². The molecule has 0 radical (unpaired) electrons. The van der Waals surface area contributed by atoms with Gasteiger partial charge in [-0.2, -0.15) is 4.31 Å². The molecule has 112 valence electrons. The maximum absolute atomic E-state index is 13.9. The normalized spacial score (nSPS) is 13.5. The standard InChI is InChI=1S/C12H15ClFNO4S/c1-3-15(8(2)6-16)20(18,19)12-4-9(7-17)10(13)5-11(12)14/h4-5,7-8,16H,3,6H2,1-2H3. The molecule has 1 aromatic carbocycles. The van der Waals surface area contributed by atoms with Crippen LogP contribution in [0, 0.1) is 5.82 Å². The highest BCUT2D eigenvalue weighted by atomic mass is 35.5. The highest BCUT2D eigenvalue weighted by Crippen LogP contribution is 2.26. The summed E-state index contributed by atoms with van der Waals surface area (Å²) in [6.07, 6.45) is 0.354. The molecule has 0 aliphatic carbocycles. The first-order valence-corrected chi connectivity index (χ1v) is 7.68. The predicted octanol–water partition coefficient (Wildman–Crippen LogP) is 1.68. The van der Waals surface area contributed by atoms with Crippen LogP contribution in [0.1, 0.15) is 24.2 Å². The second-order valence-corrected chi connectivity index (χ2v) is 6.43. The topological polar surface area (TPSA) is 74.7 Å². The summed E-state index contributed by atoms with van der Waals surface area (Å²) in [4.78, 5) is 10.2. The summed E-state index contributed by atoms with van der Waals surface area (Å²) < 4.78 is 39.6. The van der Waals surface area contributed by atoms with Gasteiger partial charge in [0.25, 0.3) is 0 Å². The number of hydrogen-bond donors (Lipinski definition) is 1. The molecule has 0 heterocycles. The number of carbonyl (C=O) groups is 1. The van der Waals surface area contributed by atoms with Crippen molar-refractivity contribution in [1.82, 2.24) is 4.31 Å². The summed E-state index contributed by atoms with van der Waals surface area (Å²) in [5, 5.41) is 8.93. The maximum atomic E-state index is 13.9. The van der Waals surface area contributed by atoms with Crippen molar-refractivity contribution in [3.63, 3.8) is 0 Å². The fourth-order valence-corrected chi connectivity index (χ4v) is 3.68. The van der Waals surface area contributed by atoms with Crippen LogP contribution in [0.5, 0.6) is 0 Å². The number of halogens is 2. The summed E-state index contributed by atoms with van der Waals surface area (Å²) in [5.41, 5.74) is -0.112. The molecule has 1 atom stereocenters. The molecule has 0 aliphatic heterocycles. The minimum Gasteiger partial charge on any atom is -0.395 e. The van der Waals surface area contributed by atoms with Gasteiger partial charge in [-0.3, -0.25) is 4.79 Å². The van der Waals surface area contributed by atoms with Gasteiger partial charge >= 0.3 is 0 Å². The Kier molecular flexibility index (Phi) is 5.64. The molecule has 0 aliphatic rings. The van der Waals surface area contributed by atoms with Gasteiger partial charge in [0, 0.05) is 18.2 Å². The molecule has 0 fully saturated rings. The summed E-state index contributed by atoms with van der Waals surface area (Å²) >= 11 is 5.64. The monoisotopic (exact) mass is 323 g/mol. The van der Waals surface area contributed by atoms with Gasteiger partial charge in [-0.25, -0.2) is 12.8 Å². The number of aldehydes is 1. The number of benzene rings is 1. The highest BCUT2D eigenvalue weighted by Gasteiger charge is 2.30. The summed E-state index contributed by atoms with van der Waals surface area (Å²) in [6.45, 7) is 2.72. The van der Waals surface area contributed by atoms with Gasteiger partial charge in [-0.1, -0.05) is 18.5 Å². The van der Waals surface area contributed by atoms with Gasteiger partial charge in [0.2, 0.25) is 10.0 Å². The van der Waals surface area contributed by atoms with E-state index in [1.54, 1.807) is 6.92 Å². The molecule has 1 rings (SSSR count). The van der Waals surface area contributed by atoms with Gasteiger partial charge in [0.05, 0.1) is 11.6 Å². The van der Waals surface area contributed by atoms with Gasteiger partial charge in [-0.05, 0) is 19.1 Å². The third kappa shape index (κ3) is 3.17. The summed E-state index contributed by atoms with van der Waals surface area (Å²) in [6, 6.07) is 0.974. The van der Waals surface area contributed by atoms with E-state index in [-0.39, 0.29) is 17.1 Å². The van der Waals surface area contributed by atoms with E-state index in [9.17, 15) is 17.6 Å². The third-order valence-electron chi connectivity index (χ3n) is 2.83. The minimum absolute atomic E-state index is 0.0581. The van der Waals surface area contributed by atoms with E-state index in [0.29, 0.717) is 6.29 Å². The van der Waals surface area contributed by atoms with Crippen LogP contribution in [0.25, 0.3) is 0 Å². The van der Waals surface area contributed by atoms with Gasteiger partial charge in [0.15, 0.2) is 6.29 Å². The van der Waals surface area contributed by atoms with E-state index >= 15 is 0 Å². The molecular weight excluding hydrogens is 309 g/mol. The molecular formula is C12H15ClFNO4S. The zero-order chi connectivity index (χ0) is 15.5. The third-order valence-corrected chi connectivity index (χ3v) is 5.26. The van der Waals surface area contributed by atoms with Crippen LogP contribution in [0.4, 0.5) is 4.39 Å². The Hall–Kier alpha value is -1.02. The molecule has 0 spiro atoms. The Labute approximate surface area is 122 Å². The molecule has 20 heavy (non-hydrogen) atoms. The maximum Gasteiger partial charge on any atom is 0.246 e. The van der Waals surface area contributed by atoms with Crippen molar-refractivity contribution in [2.75, 3.05) is 13.2 Å². The molecule has 0 amide bonds. The molecule has 1 aromatic rings. The fraction of sp³-hybridized carbons (Fsp3) is 0.417. The molecule has 0 saturated carbocycles. The van der Waals surface area contributed by atoms with Crippen molar-refractivity contribution in [2.24, 2.45) is 0 Å². The Morgan fingerprint density at radius 2 is 2.10 bits per heavy atom. The first-order chi connectivity index (χ1) is 9.29. The van der Waals surface area contributed by atoms with Crippen LogP contribution in [0.3, 0.4) is 0 Å². The number of aliphatic hydroxyl groups is 1. The lowest BCUT2D eigenvalue weighted by molar-refractivity contribution is 0.112. The largest absolute Gasteiger partial charge is 0.395 e. The number of rotatable bonds is 6. The number of sulfonamides is 1. The lowest BCUT2D eigenvalue weighted by Crippen LogP contribution is -2.40. The zero-order valence-corrected chi connectivity index (χ0v) is 12.6. The van der Waals surface area contributed by atoms with Crippen LogP contribution < -0.4 is 0 Å². The van der Waals surface area contributed by atoms with Crippen LogP contribution in [0.2, 0.25) is 5.02 Å². The second kappa shape index (κ2) is 6.62. The lowest BCUT2D eigenvalue weighted by atomic mass is 10.2. The number of nitrogens with zero attached hydrogens (tertiary/aromatic N) is 1. The molecule has 8 heteroatoms. The van der Waals surface area contributed by atoms with E-state index in [2.05, 4.69) is 0 Å². The quantitative estimate of drug-likeness (QED) is 0.808. The molecule has 5 nitrogen and oxygen atoms in total. The van der Waals surface area contributed by atoms with Crippen molar-refractivity contribution >= 4 is 27.9 Å². The van der Waals surface area contributed by atoms with Crippen LogP contribution in [-0.2, 0) is 10.0 Å². The van der Waals surface area contributed by atoms with Crippen molar-refractivity contribution < 1.29 is 22.7 Å². The van der Waals surface area contributed by atoms with Crippen LogP contribution in [-0.4, -0.2) is 43.3 Å². The first kappa shape index (κ1) is 17.0. The van der Waals surface area contributed by atoms with E-state index in [1.807, 2.05) is 0 Å². The van der Waals surface area contributed by atoms with E-state index in [0.717, 1.165) is 16.4 Å². The Bertz CT molecular complexity index is 606. The van der Waals surface area contributed by atoms with Crippen molar-refractivity contribution in [2.45, 2.75) is 24.8 Å². The van der Waals surface area contributed by atoms with Crippen molar-refractivity contribution in [3.8, 4) is 0 Å². The number of likely N-dealkylation sites (N-methyl/N-ethyl adjacent to an activating group) is 1. The van der Waals surface area contributed by atoms with E-state index < -0.39 is 33.4 Å². The first-order valence-electron chi connectivity index (χ1n) is 5.86. The molecule has 1 N–H and O–H groups in total. The number of aliphatic hydroxyl groups excluding tert-OH is 1. The fourth-order valence-electron chi connectivity index (χ4n) is 1.77. The van der Waals surface area contributed by atoms with Crippen molar-refractivity contribution in [3.05, 3.63) is 28.5 Å². The molecule has 0 saturated heterocycles. The highest BCUT2D eigenvalue weighted by molar-refractivity contribution is 7.89. The number of hydrogen-bond acceptors (Lipinski definition) is 4. The predicted molar refractivity (Wildman–Crippen MR) is 72.9 cm³/mol. The summed E-state index contributed by atoms with van der Waals surface area (Å²) in [7, 11) is -4.16. The van der Waals surface area contributed by atoms with Crippen LogP contribution in [0.15, 0.2) is 17.0 Å². The lowest BCUT2D eigenvalue weighted by Gasteiger charge is -2.26. The smallest absolute Gasteiger partial charge is 0.246 e. The second-order valence-electron chi connectivity index (χ2n) is 4.16. The average molecular weight is 324 g/mol. The minimum atomic E-state index is -4.16. The Morgan fingerprint density at radius 1 is 1.50 bits per heavy atom. The number of carbonyl (C=O) groups excluding carboxylic acids is 1. The Balaban J connectivity index is 3.45. The molecule has 0 bridgehead atoms. The van der Waals surface area contributed by atoms with Gasteiger partial charge in [-0.15, -0.1) is 0 Å². The Morgan fingerprint density at radius 3 is 2.55 bits per heavy atom. The van der Waals surface area contributed by atoms with Crippen LogP contribution >= 0.6 is 11.6 Å². The summed E-state index contributed by atoms with van der Waals surface area (Å²) in [5.74, 6) is -1.04. The van der Waals surface area contributed by atoms with Gasteiger partial charge in [0.1, 0.15) is 10.7 Å². The van der Waals surface area contributed by atoms with Gasteiger partial charge < -0.3 is 5.11 Å². The average Bonchev–Trinajstić information content (AvgIpc) is 2.38. The SMILES string of the molecule is CCN(C(C)CO)S(=O)(=O)c1cc(C=O)c(Cl)cc1F. The zero-order valence-electron chi connectivity index (χ0n) is 11.0. The van der Waals surface area contributed by atoms with E-state index in [4.69, 9.17) is 16.7 Å². The molecule has 1 unspecified atom stereocenters.